The van der Waals surface area contributed by atoms with Crippen molar-refractivity contribution in [2.45, 2.75) is 6.42 Å². The minimum Gasteiger partial charge on any atom is -0.282 e. The van der Waals surface area contributed by atoms with Crippen LogP contribution in [0.4, 0.5) is 0 Å². The lowest BCUT2D eigenvalue weighted by molar-refractivity contribution is -0.121. The molecule has 1 fully saturated rings. The molecule has 0 aromatic heterocycles. The fourth-order valence-corrected chi connectivity index (χ4v) is 1.05. The summed E-state index contributed by atoms with van der Waals surface area (Å²) in [6.45, 7) is 0. The zero-order valence-corrected chi connectivity index (χ0v) is 4.66. The maximum absolute atomic E-state index is 10.2. The van der Waals surface area contributed by atoms with Crippen LogP contribution in [0.3, 0.4) is 0 Å². The minimum atomic E-state index is -1.74. The number of hydrogen-bond acceptors (Lipinski definition) is 3. The van der Waals surface area contributed by atoms with Gasteiger partial charge in [0.25, 0.3) is 0 Å². The molecule has 8 heavy (non-hydrogen) atoms. The molecule has 1 amide bonds. The maximum Gasteiger partial charge on any atom is 0.248 e. The fourth-order valence-electron chi connectivity index (χ4n) is 0.393. The van der Waals surface area contributed by atoms with Crippen LogP contribution in [0.1, 0.15) is 6.42 Å². The molecule has 0 spiro atoms. The Morgan fingerprint density at radius 3 is 2.25 bits per heavy atom. The van der Waals surface area contributed by atoms with Crippen molar-refractivity contribution in [2.24, 2.45) is 0 Å². The van der Waals surface area contributed by atoms with Gasteiger partial charge in [0.2, 0.25) is 11.0 Å². The van der Waals surface area contributed by atoms with Crippen LogP contribution in [0.5, 0.6) is 0 Å². The van der Waals surface area contributed by atoms with Gasteiger partial charge in [-0.05, 0) is 0 Å². The molecule has 1 aliphatic rings. The van der Waals surface area contributed by atoms with Crippen molar-refractivity contribution in [3.63, 3.8) is 0 Å². The van der Waals surface area contributed by atoms with Gasteiger partial charge in [0, 0.05) is 0 Å². The standard InChI is InChI=1S/C3H3NO3S/c5-2-1-3(6)8(7)4-2/h1H2,(H,4,5). The maximum atomic E-state index is 10.2. The van der Waals surface area contributed by atoms with Gasteiger partial charge < -0.3 is 0 Å². The summed E-state index contributed by atoms with van der Waals surface area (Å²) in [6.07, 6.45) is -0.230. The first-order chi connectivity index (χ1) is 3.70. The third-order valence-corrected chi connectivity index (χ3v) is 1.69. The molecule has 44 valence electrons. The number of carbonyl (C=O) groups is 2. The Bertz CT molecular complexity index is 157. The molecule has 1 unspecified atom stereocenters. The molecule has 1 heterocycles. The number of hydrogen-bond donors (Lipinski definition) is 1. The van der Waals surface area contributed by atoms with Crippen molar-refractivity contribution in [2.75, 3.05) is 0 Å². The molecule has 4 nitrogen and oxygen atoms in total. The van der Waals surface area contributed by atoms with Gasteiger partial charge in [-0.1, -0.05) is 0 Å². The quantitative estimate of drug-likeness (QED) is 0.417. The zero-order chi connectivity index (χ0) is 6.15. The van der Waals surface area contributed by atoms with Gasteiger partial charge >= 0.3 is 0 Å². The van der Waals surface area contributed by atoms with Gasteiger partial charge in [0.15, 0.2) is 11.0 Å². The van der Waals surface area contributed by atoms with Gasteiger partial charge in [0.05, 0.1) is 0 Å². The van der Waals surface area contributed by atoms with Crippen molar-refractivity contribution in [1.29, 1.82) is 0 Å². The van der Waals surface area contributed by atoms with Crippen LogP contribution in [0.15, 0.2) is 0 Å². The topological polar surface area (TPSA) is 63.2 Å². The fraction of sp³-hybridized carbons (Fsp3) is 0.333. The van der Waals surface area contributed by atoms with E-state index in [0.717, 1.165) is 0 Å². The average Bonchev–Trinajstić information content (AvgIpc) is 1.85. The first-order valence-corrected chi connectivity index (χ1v) is 3.09. The van der Waals surface area contributed by atoms with Crippen molar-refractivity contribution in [3.05, 3.63) is 0 Å². The summed E-state index contributed by atoms with van der Waals surface area (Å²) in [5.74, 6) is -0.451. The summed E-state index contributed by atoms with van der Waals surface area (Å²) in [4.78, 5) is 20.3. The van der Waals surface area contributed by atoms with Crippen LogP contribution < -0.4 is 4.72 Å². The third-order valence-electron chi connectivity index (χ3n) is 0.718. The van der Waals surface area contributed by atoms with Gasteiger partial charge in [-0.3, -0.25) is 14.3 Å². The van der Waals surface area contributed by atoms with E-state index in [-0.39, 0.29) is 6.42 Å². The normalized spacial score (nSPS) is 28.2. The Labute approximate surface area is 47.8 Å². The van der Waals surface area contributed by atoms with Crippen molar-refractivity contribution in [3.8, 4) is 0 Å². The summed E-state index contributed by atoms with van der Waals surface area (Å²) >= 11 is 0. The highest BCUT2D eigenvalue weighted by atomic mass is 32.2. The first-order valence-electron chi connectivity index (χ1n) is 1.94. The monoisotopic (exact) mass is 133 g/mol. The summed E-state index contributed by atoms with van der Waals surface area (Å²) in [5.41, 5.74) is 0. The molecular formula is C3H3NO3S. The lowest BCUT2D eigenvalue weighted by atomic mass is 10.5. The molecular weight excluding hydrogens is 130 g/mol. The lowest BCUT2D eigenvalue weighted by Gasteiger charge is -1.79. The number of carbonyl (C=O) groups excluding carboxylic acids is 2. The molecule has 1 aliphatic heterocycles. The minimum absolute atomic E-state index is 0.230. The molecule has 1 atom stereocenters. The molecule has 0 radical (unpaired) electrons. The Balaban J connectivity index is 2.79. The first kappa shape index (κ1) is 5.43. The van der Waals surface area contributed by atoms with E-state index < -0.39 is 22.0 Å². The highest BCUT2D eigenvalue weighted by Crippen LogP contribution is 1.96. The van der Waals surface area contributed by atoms with E-state index in [4.69, 9.17) is 0 Å². The second-order valence-corrected chi connectivity index (χ2v) is 2.54. The van der Waals surface area contributed by atoms with E-state index in [1.807, 2.05) is 4.72 Å². The van der Waals surface area contributed by atoms with E-state index in [2.05, 4.69) is 0 Å². The van der Waals surface area contributed by atoms with E-state index in [9.17, 15) is 13.8 Å². The second-order valence-electron chi connectivity index (χ2n) is 1.34. The molecule has 1 rings (SSSR count). The molecule has 0 aromatic carbocycles. The van der Waals surface area contributed by atoms with Crippen molar-refractivity contribution in [1.82, 2.24) is 4.72 Å². The van der Waals surface area contributed by atoms with Crippen LogP contribution >= 0.6 is 0 Å². The molecule has 5 heteroatoms. The van der Waals surface area contributed by atoms with Gasteiger partial charge in [-0.15, -0.1) is 0 Å². The van der Waals surface area contributed by atoms with Crippen LogP contribution in [0, 0.1) is 0 Å². The van der Waals surface area contributed by atoms with Gasteiger partial charge in [-0.25, -0.2) is 4.21 Å². The molecule has 0 aliphatic carbocycles. The molecule has 0 saturated carbocycles. The van der Waals surface area contributed by atoms with E-state index in [1.165, 1.54) is 0 Å². The smallest absolute Gasteiger partial charge is 0.248 e. The Morgan fingerprint density at radius 1 is 1.50 bits per heavy atom. The summed E-state index contributed by atoms with van der Waals surface area (Å²) in [7, 11) is -1.74. The van der Waals surface area contributed by atoms with E-state index >= 15 is 0 Å². The molecule has 0 bridgehead atoms. The van der Waals surface area contributed by atoms with Crippen LogP contribution in [-0.2, 0) is 20.6 Å². The Morgan fingerprint density at radius 2 is 2.12 bits per heavy atom. The summed E-state index contributed by atoms with van der Waals surface area (Å²) < 4.78 is 12.2. The van der Waals surface area contributed by atoms with Crippen LogP contribution in [-0.4, -0.2) is 15.2 Å². The van der Waals surface area contributed by atoms with Crippen molar-refractivity contribution >= 4 is 22.0 Å². The van der Waals surface area contributed by atoms with E-state index in [1.54, 1.807) is 0 Å². The number of nitrogens with one attached hydrogen (secondary N) is 1. The predicted molar refractivity (Wildman–Crippen MR) is 25.9 cm³/mol. The van der Waals surface area contributed by atoms with Crippen LogP contribution in [0.25, 0.3) is 0 Å². The number of rotatable bonds is 0. The second kappa shape index (κ2) is 1.66. The molecule has 0 aromatic rings. The number of amides is 1. The highest BCUT2D eigenvalue weighted by molar-refractivity contribution is 7.99. The lowest BCUT2D eigenvalue weighted by Crippen LogP contribution is -2.15. The third kappa shape index (κ3) is 0.764. The van der Waals surface area contributed by atoms with E-state index in [0.29, 0.717) is 0 Å². The van der Waals surface area contributed by atoms with Gasteiger partial charge in [-0.2, -0.15) is 0 Å². The summed E-state index contributed by atoms with van der Waals surface area (Å²) in [6, 6.07) is 0. The van der Waals surface area contributed by atoms with Gasteiger partial charge in [0.1, 0.15) is 6.42 Å². The SMILES string of the molecule is O=C1CC(=O)S(=O)N1. The predicted octanol–water partition coefficient (Wildman–Crippen LogP) is -1.30. The van der Waals surface area contributed by atoms with Crippen LogP contribution in [0.2, 0.25) is 0 Å². The average molecular weight is 133 g/mol. The van der Waals surface area contributed by atoms with Crippen molar-refractivity contribution < 1.29 is 13.8 Å². The molecule has 1 saturated heterocycles. The Kier molecular flexibility index (Phi) is 1.13. The summed E-state index contributed by atoms with van der Waals surface area (Å²) in [5, 5.41) is -0.532. The highest BCUT2D eigenvalue weighted by Gasteiger charge is 2.25. The largest absolute Gasteiger partial charge is 0.282 e. The molecule has 1 N–H and O–H groups in total. The zero-order valence-electron chi connectivity index (χ0n) is 3.84. The Hall–Kier alpha value is -0.710.